The molecule has 4 atom stereocenters. The number of aliphatic hydroxyl groups is 1. The summed E-state index contributed by atoms with van der Waals surface area (Å²) >= 11 is 1.59. The minimum Gasteiger partial charge on any atom is -0.507 e. The summed E-state index contributed by atoms with van der Waals surface area (Å²) in [5.74, 6) is -0.295. The maximum Gasteiger partial charge on any atom is 0.254 e. The first-order valence-electron chi connectivity index (χ1n) is 20.7. The number of piperidine rings is 1. The van der Waals surface area contributed by atoms with Crippen LogP contribution in [0, 0.1) is 19.8 Å². The summed E-state index contributed by atoms with van der Waals surface area (Å²) in [5, 5.41) is 38.1. The molecule has 2 amide bonds. The number of aromatic hydroxyl groups is 1. The molecular weight excluding hydrogens is 781 g/mol. The van der Waals surface area contributed by atoms with Gasteiger partial charge in [-0.3, -0.25) is 14.5 Å². The fourth-order valence-corrected chi connectivity index (χ4v) is 9.50. The van der Waals surface area contributed by atoms with Crippen molar-refractivity contribution < 1.29 is 29.1 Å². The molecule has 6 aromatic rings. The Bertz CT molecular complexity index is 2450. The molecule has 6 heterocycles. The number of ether oxygens (including phenoxy) is 1. The van der Waals surface area contributed by atoms with Crippen molar-refractivity contribution in [2.75, 3.05) is 32.8 Å². The number of benzene rings is 2. The van der Waals surface area contributed by atoms with Crippen LogP contribution in [0.4, 0.5) is 0 Å². The summed E-state index contributed by atoms with van der Waals surface area (Å²) in [6.45, 7) is 12.8. The number of phenols is 1. The van der Waals surface area contributed by atoms with Crippen LogP contribution in [0.2, 0.25) is 0 Å². The van der Waals surface area contributed by atoms with Crippen LogP contribution in [0.5, 0.6) is 11.6 Å². The van der Waals surface area contributed by atoms with Crippen LogP contribution in [0.25, 0.3) is 32.7 Å². The molecule has 4 N–H and O–H groups in total. The van der Waals surface area contributed by atoms with E-state index in [2.05, 4.69) is 42.5 Å². The van der Waals surface area contributed by atoms with Gasteiger partial charge in [0.15, 0.2) is 11.4 Å². The van der Waals surface area contributed by atoms with Crippen LogP contribution >= 0.6 is 11.3 Å². The van der Waals surface area contributed by atoms with E-state index in [1.165, 1.54) is 10.6 Å². The molecule has 2 fully saturated rings. The van der Waals surface area contributed by atoms with Gasteiger partial charge in [-0.1, -0.05) is 50.2 Å². The molecule has 8 rings (SSSR count). The van der Waals surface area contributed by atoms with Gasteiger partial charge in [0.2, 0.25) is 11.8 Å². The highest BCUT2D eigenvalue weighted by Crippen LogP contribution is 2.36. The standard InChI is InChI=1S/C45H52N8O6S/c1-25(2)40(45(57)53-23-32(54)20-36(53)44(56)47-27(4)29-10-12-31(13-11-29)42-28(5)46-24-60-42)38-22-39(51-59-38)58-19-18-52-16-14-30(15-17-52)41-26(3)34-21-35(49-50-43(34)48-41)33-8-6-7-9-37(33)55/h6-13,21-22,24-25,27,30,32,36,40,54-55H,14-20,23H2,1-5H3,(H,47,56)(H,48,50)/t27-,32+,36-,40+/m0/s1. The molecule has 314 valence electrons. The fourth-order valence-electron chi connectivity index (χ4n) is 8.69. The van der Waals surface area contributed by atoms with Gasteiger partial charge in [-0.2, -0.15) is 0 Å². The second-order valence-electron chi connectivity index (χ2n) is 16.4. The molecule has 0 unspecified atom stereocenters. The number of nitrogens with zero attached hydrogens (tertiary/aromatic N) is 6. The lowest BCUT2D eigenvalue weighted by Crippen LogP contribution is -2.48. The average molecular weight is 833 g/mol. The SMILES string of the molecule is Cc1ncsc1-c1ccc([C@H](C)NC(=O)[C@@H]2C[C@@H](O)CN2C(=O)[C@@H](c2cc(OCCN3CCC(c4[nH]c5nnc(-c6ccccc6O)cc5c4C)CC3)no2)C(C)C)cc1. The number of carbonyl (C=O) groups excluding carboxylic acids is 2. The van der Waals surface area contributed by atoms with Crippen molar-refractivity contribution in [3.05, 3.63) is 94.4 Å². The number of aliphatic hydroxyl groups excluding tert-OH is 1. The summed E-state index contributed by atoms with van der Waals surface area (Å²) in [6.07, 6.45) is 1.28. The average Bonchev–Trinajstić information content (AvgIpc) is 4.05. The maximum absolute atomic E-state index is 14.2. The van der Waals surface area contributed by atoms with E-state index in [0.29, 0.717) is 42.0 Å². The Morgan fingerprint density at radius 1 is 1.05 bits per heavy atom. The molecule has 15 heteroatoms. The van der Waals surface area contributed by atoms with E-state index in [4.69, 9.17) is 9.26 Å². The minimum atomic E-state index is -0.824. The Hall–Kier alpha value is -5.64. The molecule has 14 nitrogen and oxygen atoms in total. The highest BCUT2D eigenvalue weighted by molar-refractivity contribution is 7.13. The number of thiazole rings is 1. The Kier molecular flexibility index (Phi) is 12.0. The lowest BCUT2D eigenvalue weighted by atomic mass is 9.91. The number of fused-ring (bicyclic) bond motifs is 1. The van der Waals surface area contributed by atoms with Crippen molar-refractivity contribution in [2.45, 2.75) is 83.9 Å². The van der Waals surface area contributed by atoms with E-state index in [9.17, 15) is 19.8 Å². The van der Waals surface area contributed by atoms with Crippen LogP contribution in [0.15, 0.2) is 70.7 Å². The van der Waals surface area contributed by atoms with Crippen LogP contribution in [0.1, 0.15) is 86.2 Å². The highest BCUT2D eigenvalue weighted by Gasteiger charge is 2.43. The number of H-pyrrole nitrogens is 1. The van der Waals surface area contributed by atoms with Gasteiger partial charge in [-0.05, 0) is 92.7 Å². The van der Waals surface area contributed by atoms with Gasteiger partial charge >= 0.3 is 0 Å². The predicted molar refractivity (Wildman–Crippen MR) is 229 cm³/mol. The van der Waals surface area contributed by atoms with E-state index in [-0.39, 0.29) is 42.5 Å². The lowest BCUT2D eigenvalue weighted by Gasteiger charge is -2.31. The Labute approximate surface area is 353 Å². The van der Waals surface area contributed by atoms with Crippen LogP contribution < -0.4 is 10.1 Å². The largest absolute Gasteiger partial charge is 0.507 e. The van der Waals surface area contributed by atoms with Crippen LogP contribution in [0.3, 0.4) is 0 Å². The number of nitrogens with one attached hydrogen (secondary N) is 2. The monoisotopic (exact) mass is 832 g/mol. The number of phenolic OH excluding ortho intramolecular Hbond substituents is 1. The van der Waals surface area contributed by atoms with Gasteiger partial charge in [-0.15, -0.1) is 21.5 Å². The maximum atomic E-state index is 14.2. The van der Waals surface area contributed by atoms with Gasteiger partial charge in [-0.25, -0.2) is 4.98 Å². The first-order valence-corrected chi connectivity index (χ1v) is 21.6. The summed E-state index contributed by atoms with van der Waals surface area (Å²) in [7, 11) is 0. The number of β-amino-alcohol motifs (C(OH)–C–C–N with tert-alkyl or cyclic N) is 1. The molecule has 0 saturated carbocycles. The molecule has 0 bridgehead atoms. The van der Waals surface area contributed by atoms with Gasteiger partial charge in [0.05, 0.1) is 33.9 Å². The summed E-state index contributed by atoms with van der Waals surface area (Å²) in [5.41, 5.74) is 9.20. The first-order chi connectivity index (χ1) is 28.9. The second kappa shape index (κ2) is 17.5. The van der Waals surface area contributed by atoms with Crippen molar-refractivity contribution in [2.24, 2.45) is 5.92 Å². The zero-order valence-corrected chi connectivity index (χ0v) is 35.4. The number of hydrogen-bond donors (Lipinski definition) is 4. The molecule has 0 radical (unpaired) electrons. The normalized spacial score (nSPS) is 18.6. The number of aromatic nitrogens is 5. The molecule has 2 aliphatic heterocycles. The van der Waals surface area contributed by atoms with Crippen molar-refractivity contribution in [3.8, 4) is 33.3 Å². The van der Waals surface area contributed by atoms with Crippen LogP contribution in [-0.2, 0) is 9.59 Å². The minimum absolute atomic E-state index is 0.0557. The zero-order valence-electron chi connectivity index (χ0n) is 34.6. The van der Waals surface area contributed by atoms with Gasteiger partial charge in [0.1, 0.15) is 24.3 Å². The first kappa shape index (κ1) is 41.1. The highest BCUT2D eigenvalue weighted by atomic mass is 32.1. The van der Waals surface area contributed by atoms with Crippen molar-refractivity contribution in [1.82, 2.24) is 40.4 Å². The Morgan fingerprint density at radius 2 is 1.82 bits per heavy atom. The van der Waals surface area contributed by atoms with E-state index in [0.717, 1.165) is 64.2 Å². The van der Waals surface area contributed by atoms with Crippen molar-refractivity contribution in [1.29, 1.82) is 0 Å². The number of likely N-dealkylation sites (tertiary alicyclic amines) is 2. The molecule has 0 spiro atoms. The predicted octanol–water partition coefficient (Wildman–Crippen LogP) is 6.90. The van der Waals surface area contributed by atoms with Gasteiger partial charge < -0.3 is 34.7 Å². The Morgan fingerprint density at radius 3 is 2.53 bits per heavy atom. The summed E-state index contributed by atoms with van der Waals surface area (Å²) in [4.78, 5) is 40.7. The summed E-state index contributed by atoms with van der Waals surface area (Å²) in [6, 6.07) is 17.7. The third kappa shape index (κ3) is 8.51. The number of rotatable bonds is 13. The Balaban J connectivity index is 0.839. The fraction of sp³-hybridized carbons (Fsp3) is 0.422. The molecule has 4 aromatic heterocycles. The molecule has 2 saturated heterocycles. The van der Waals surface area contributed by atoms with E-state index in [1.54, 1.807) is 29.5 Å². The number of aryl methyl sites for hydroxylation is 2. The van der Waals surface area contributed by atoms with Crippen LogP contribution in [-0.4, -0.2) is 102 Å². The number of carbonyl (C=O) groups is 2. The third-order valence-corrected chi connectivity index (χ3v) is 13.1. The molecule has 60 heavy (non-hydrogen) atoms. The smallest absolute Gasteiger partial charge is 0.254 e. The zero-order chi connectivity index (χ0) is 42.1. The van der Waals surface area contributed by atoms with E-state index in [1.807, 2.05) is 75.7 Å². The van der Waals surface area contributed by atoms with E-state index < -0.39 is 18.1 Å². The van der Waals surface area contributed by atoms with Gasteiger partial charge in [0, 0.05) is 48.1 Å². The lowest BCUT2D eigenvalue weighted by molar-refractivity contribution is -0.141. The topological polar surface area (TPSA) is 183 Å². The number of amides is 2. The molecular formula is C45H52N8O6S. The third-order valence-electron chi connectivity index (χ3n) is 12.1. The summed E-state index contributed by atoms with van der Waals surface area (Å²) < 4.78 is 11.7. The molecule has 0 aliphatic carbocycles. The van der Waals surface area contributed by atoms with Crippen molar-refractivity contribution >= 4 is 34.2 Å². The number of aromatic amines is 1. The number of para-hydroxylation sites is 1. The quantitative estimate of drug-likeness (QED) is 0.0951. The van der Waals surface area contributed by atoms with E-state index >= 15 is 0 Å². The van der Waals surface area contributed by atoms with Gasteiger partial charge in [0.25, 0.3) is 5.88 Å². The van der Waals surface area contributed by atoms with Crippen molar-refractivity contribution in [3.63, 3.8) is 0 Å². The second-order valence-corrected chi connectivity index (χ2v) is 17.3. The molecule has 2 aromatic carbocycles. The molecule has 2 aliphatic rings. The number of hydrogen-bond acceptors (Lipinski definition) is 12.